The van der Waals surface area contributed by atoms with E-state index in [4.69, 9.17) is 0 Å². The van der Waals surface area contributed by atoms with E-state index in [0.717, 1.165) is 45.0 Å². The van der Waals surface area contributed by atoms with E-state index >= 15 is 0 Å². The molecule has 0 amide bonds. The van der Waals surface area contributed by atoms with E-state index in [1.807, 2.05) is 25.1 Å². The average molecular weight is 329 g/mol. The highest BCUT2D eigenvalue weighted by Crippen LogP contribution is 2.34. The van der Waals surface area contributed by atoms with Crippen molar-refractivity contribution in [3.05, 3.63) is 76.3 Å². The van der Waals surface area contributed by atoms with Crippen molar-refractivity contribution in [3.8, 4) is 11.1 Å². The predicted molar refractivity (Wildman–Crippen MR) is 101 cm³/mol. The minimum absolute atomic E-state index is 0.123. The van der Waals surface area contributed by atoms with Crippen LogP contribution in [0.15, 0.2) is 54.6 Å². The Labute approximate surface area is 145 Å². The first-order valence-electron chi connectivity index (χ1n) is 8.27. The monoisotopic (exact) mass is 329 g/mol. The lowest BCUT2D eigenvalue weighted by atomic mass is 10.0. The Kier molecular flexibility index (Phi) is 3.53. The molecule has 0 spiro atoms. The molecule has 123 valence electrons. The highest BCUT2D eigenvalue weighted by molar-refractivity contribution is 6.10. The molecule has 4 heteroatoms. The van der Waals surface area contributed by atoms with Crippen LogP contribution in [-0.4, -0.2) is 9.49 Å². The zero-order valence-electron chi connectivity index (χ0n) is 14.1. The fraction of sp³-hybridized carbons (Fsp3) is 0.143. The third-order valence-corrected chi connectivity index (χ3v) is 4.65. The van der Waals surface area contributed by atoms with Crippen LogP contribution in [0.2, 0.25) is 0 Å². The second-order valence-corrected chi connectivity index (χ2v) is 6.20. The molecule has 0 fully saturated rings. The molecule has 0 aliphatic heterocycles. The molecule has 0 aliphatic carbocycles. The van der Waals surface area contributed by atoms with E-state index in [2.05, 4.69) is 41.8 Å². The van der Waals surface area contributed by atoms with Gasteiger partial charge in [-0.05, 0) is 54.8 Å². The highest BCUT2D eigenvalue weighted by Gasteiger charge is 2.14. The van der Waals surface area contributed by atoms with Gasteiger partial charge in [0.25, 0.3) is 5.69 Å². The van der Waals surface area contributed by atoms with Crippen LogP contribution < -0.4 is 0 Å². The minimum Gasteiger partial charge on any atom is -0.341 e. The maximum atomic E-state index is 11.2. The molecule has 0 unspecified atom stereocenters. The molecule has 4 rings (SSSR count). The maximum Gasteiger partial charge on any atom is 0.270 e. The normalized spacial score (nSPS) is 11.3. The molecule has 3 aromatic carbocycles. The number of hydrogen-bond acceptors (Lipinski definition) is 2. The first-order chi connectivity index (χ1) is 12.1. The Bertz CT molecular complexity index is 1130. The quantitative estimate of drug-likeness (QED) is 0.368. The Morgan fingerprint density at radius 2 is 1.68 bits per heavy atom. The molecule has 0 saturated heterocycles. The van der Waals surface area contributed by atoms with Crippen LogP contribution in [-0.2, 0) is 6.54 Å². The van der Waals surface area contributed by atoms with Gasteiger partial charge in [0, 0.05) is 40.5 Å². The predicted octanol–water partition coefficient (Wildman–Crippen LogP) is 5.50. The standard InChI is InChI=1S/C21H17N2O2/c1-3-22-20-9-7-16(15-6-4-5-14(2)11-15)12-18(20)19-13-17(23(24)25)8-10-21(19)22/h4,6-13H,3H2,1-2H3. The van der Waals surface area contributed by atoms with Crippen LogP contribution in [0.5, 0.6) is 0 Å². The molecular formula is C21H17N2O2. The highest BCUT2D eigenvalue weighted by atomic mass is 16.6. The summed E-state index contributed by atoms with van der Waals surface area (Å²) in [6, 6.07) is 20.7. The van der Waals surface area contributed by atoms with Gasteiger partial charge in [-0.2, -0.15) is 0 Å². The van der Waals surface area contributed by atoms with Gasteiger partial charge in [-0.15, -0.1) is 0 Å². The molecule has 0 atom stereocenters. The SMILES string of the molecule is CCn1c2ccc(-c3cc[c]c(C)c3)cc2c2cc([N+](=O)[O-])ccc21. The smallest absolute Gasteiger partial charge is 0.270 e. The largest absolute Gasteiger partial charge is 0.341 e. The summed E-state index contributed by atoms with van der Waals surface area (Å²) in [5.74, 6) is 0. The Hall–Kier alpha value is -3.14. The summed E-state index contributed by atoms with van der Waals surface area (Å²) in [5, 5.41) is 13.1. The van der Waals surface area contributed by atoms with Gasteiger partial charge in [-0.1, -0.05) is 24.3 Å². The van der Waals surface area contributed by atoms with E-state index in [1.165, 1.54) is 0 Å². The summed E-state index contributed by atoms with van der Waals surface area (Å²) in [5.41, 5.74) is 5.56. The number of aryl methyl sites for hydroxylation is 2. The zero-order chi connectivity index (χ0) is 17.6. The fourth-order valence-corrected chi connectivity index (χ4v) is 3.49. The topological polar surface area (TPSA) is 48.1 Å². The molecule has 0 aliphatic rings. The number of hydrogen-bond donors (Lipinski definition) is 0. The van der Waals surface area contributed by atoms with Crippen molar-refractivity contribution in [1.29, 1.82) is 0 Å². The van der Waals surface area contributed by atoms with Crippen LogP contribution in [0, 0.1) is 23.1 Å². The van der Waals surface area contributed by atoms with Gasteiger partial charge in [0.05, 0.1) is 4.92 Å². The van der Waals surface area contributed by atoms with Gasteiger partial charge in [-0.3, -0.25) is 10.1 Å². The van der Waals surface area contributed by atoms with Gasteiger partial charge in [0.1, 0.15) is 0 Å². The number of aromatic nitrogens is 1. The zero-order valence-corrected chi connectivity index (χ0v) is 14.1. The summed E-state index contributed by atoms with van der Waals surface area (Å²) in [6.07, 6.45) is 0. The first kappa shape index (κ1) is 15.4. The van der Waals surface area contributed by atoms with Crippen LogP contribution in [0.1, 0.15) is 12.5 Å². The fourth-order valence-electron chi connectivity index (χ4n) is 3.49. The van der Waals surface area contributed by atoms with Gasteiger partial charge in [0.2, 0.25) is 0 Å². The number of nitro groups is 1. The van der Waals surface area contributed by atoms with Crippen molar-refractivity contribution in [1.82, 2.24) is 4.57 Å². The Balaban J connectivity index is 2.04. The molecule has 4 aromatic rings. The molecular weight excluding hydrogens is 312 g/mol. The number of rotatable bonds is 3. The summed E-state index contributed by atoms with van der Waals surface area (Å²) in [4.78, 5) is 10.8. The van der Waals surface area contributed by atoms with Crippen LogP contribution in [0.3, 0.4) is 0 Å². The van der Waals surface area contributed by atoms with Crippen molar-refractivity contribution < 1.29 is 4.92 Å². The molecule has 25 heavy (non-hydrogen) atoms. The minimum atomic E-state index is -0.338. The van der Waals surface area contributed by atoms with Gasteiger partial charge >= 0.3 is 0 Å². The number of non-ortho nitro benzene ring substituents is 1. The average Bonchev–Trinajstić information content (AvgIpc) is 2.93. The molecule has 4 nitrogen and oxygen atoms in total. The van der Waals surface area contributed by atoms with E-state index in [0.29, 0.717) is 0 Å². The molecule has 0 saturated carbocycles. The number of fused-ring (bicyclic) bond motifs is 3. The molecule has 1 radical (unpaired) electrons. The van der Waals surface area contributed by atoms with E-state index in [9.17, 15) is 10.1 Å². The van der Waals surface area contributed by atoms with Gasteiger partial charge in [0.15, 0.2) is 0 Å². The molecule has 0 N–H and O–H groups in total. The number of benzene rings is 3. The lowest BCUT2D eigenvalue weighted by Crippen LogP contribution is -1.93. The Morgan fingerprint density at radius 3 is 2.36 bits per heavy atom. The van der Waals surface area contributed by atoms with Crippen LogP contribution in [0.25, 0.3) is 32.9 Å². The summed E-state index contributed by atoms with van der Waals surface area (Å²) < 4.78 is 2.20. The lowest BCUT2D eigenvalue weighted by Gasteiger charge is -2.05. The van der Waals surface area contributed by atoms with Crippen molar-refractivity contribution in [2.45, 2.75) is 20.4 Å². The molecule has 1 heterocycles. The number of nitrogens with zero attached hydrogens (tertiary/aromatic N) is 2. The first-order valence-corrected chi connectivity index (χ1v) is 8.27. The van der Waals surface area contributed by atoms with Crippen LogP contribution >= 0.6 is 0 Å². The third kappa shape index (κ3) is 2.47. The van der Waals surface area contributed by atoms with E-state index < -0.39 is 0 Å². The van der Waals surface area contributed by atoms with Crippen molar-refractivity contribution >= 4 is 27.5 Å². The molecule has 1 aromatic heterocycles. The third-order valence-electron chi connectivity index (χ3n) is 4.65. The maximum absolute atomic E-state index is 11.2. The van der Waals surface area contributed by atoms with Crippen molar-refractivity contribution in [2.75, 3.05) is 0 Å². The number of nitro benzene ring substituents is 1. The van der Waals surface area contributed by atoms with E-state index in [1.54, 1.807) is 12.1 Å². The summed E-state index contributed by atoms with van der Waals surface area (Å²) in [7, 11) is 0. The van der Waals surface area contributed by atoms with Gasteiger partial charge < -0.3 is 4.57 Å². The molecule has 0 bridgehead atoms. The second kappa shape index (κ2) is 5.74. The second-order valence-electron chi connectivity index (χ2n) is 6.20. The van der Waals surface area contributed by atoms with E-state index in [-0.39, 0.29) is 10.6 Å². The lowest BCUT2D eigenvalue weighted by molar-refractivity contribution is -0.384. The van der Waals surface area contributed by atoms with Crippen LogP contribution in [0.4, 0.5) is 5.69 Å². The Morgan fingerprint density at radius 1 is 1.00 bits per heavy atom. The van der Waals surface area contributed by atoms with Crippen molar-refractivity contribution in [2.24, 2.45) is 0 Å². The summed E-state index contributed by atoms with van der Waals surface area (Å²) in [6.45, 7) is 4.93. The summed E-state index contributed by atoms with van der Waals surface area (Å²) >= 11 is 0. The van der Waals surface area contributed by atoms with Crippen molar-refractivity contribution in [3.63, 3.8) is 0 Å². The van der Waals surface area contributed by atoms with Gasteiger partial charge in [-0.25, -0.2) is 0 Å².